The molecular weight excluding hydrogens is 656 g/mol. The van der Waals surface area contributed by atoms with Gasteiger partial charge in [-0.05, 0) is 29.8 Å². The first kappa shape index (κ1) is 31.7. The second-order valence-electron chi connectivity index (χ2n) is 9.49. The fourth-order valence-corrected chi connectivity index (χ4v) is 7.01. The number of amides is 1. The van der Waals surface area contributed by atoms with Crippen LogP contribution >= 0.6 is 0 Å². The number of carbonyl (C=O) groups is 2. The van der Waals surface area contributed by atoms with Crippen LogP contribution in [0.2, 0.25) is 0 Å². The first-order valence-corrected chi connectivity index (χ1v) is 16.7. The van der Waals surface area contributed by atoms with Crippen molar-refractivity contribution in [3.8, 4) is 11.5 Å². The third-order valence-corrected chi connectivity index (χ3v) is 9.14. The zero-order chi connectivity index (χ0) is 32.9. The predicted molar refractivity (Wildman–Crippen MR) is 159 cm³/mol. The van der Waals surface area contributed by atoms with E-state index in [0.717, 1.165) is 18.2 Å². The number of hydrogen-bond donors (Lipinski definition) is 4. The molecule has 234 valence electrons. The predicted octanol–water partition coefficient (Wildman–Crippen LogP) is 2.78. The number of nitrogens with zero attached hydrogens (tertiary/aromatic N) is 1. The maximum absolute atomic E-state index is 12.5. The molecule has 4 N–H and O–H groups in total. The van der Waals surface area contributed by atoms with Gasteiger partial charge in [0.1, 0.15) is 26.2 Å². The molecule has 0 bridgehead atoms. The Morgan fingerprint density at radius 2 is 1.27 bits per heavy atom. The van der Waals surface area contributed by atoms with Gasteiger partial charge in [0.05, 0.1) is 6.21 Å². The molecule has 0 spiro atoms. The van der Waals surface area contributed by atoms with E-state index >= 15 is 0 Å². The monoisotopic (exact) mass is 676 g/mol. The van der Waals surface area contributed by atoms with Crippen molar-refractivity contribution in [3.63, 3.8) is 0 Å². The Kier molecular flexibility index (Phi) is 7.98. The molecule has 0 aliphatic carbocycles. The van der Waals surface area contributed by atoms with Crippen LogP contribution in [0.3, 0.4) is 0 Å². The van der Waals surface area contributed by atoms with Crippen molar-refractivity contribution in [2.24, 2.45) is 5.10 Å². The van der Waals surface area contributed by atoms with Crippen molar-refractivity contribution in [2.45, 2.75) is 21.6 Å². The maximum Gasteiger partial charge on any atom is 0.308 e. The second kappa shape index (κ2) is 11.3. The summed E-state index contributed by atoms with van der Waals surface area (Å²) in [7, 11) is -15.2. The summed E-state index contributed by atoms with van der Waals surface area (Å²) < 4.78 is 114. The van der Waals surface area contributed by atoms with Crippen molar-refractivity contribution in [3.05, 3.63) is 66.2 Å². The number of carbonyl (C=O) groups excluding carboxylic acids is 2. The van der Waals surface area contributed by atoms with Crippen molar-refractivity contribution < 1.29 is 58.0 Å². The molecule has 0 fully saturated rings. The van der Waals surface area contributed by atoms with Crippen LogP contribution in [0, 0.1) is 0 Å². The number of esters is 1. The highest BCUT2D eigenvalue weighted by Crippen LogP contribution is 2.45. The van der Waals surface area contributed by atoms with Crippen LogP contribution in [0.5, 0.6) is 11.5 Å². The number of ether oxygens (including phenoxy) is 2. The standard InChI is InChI=1S/C27H20N2O13S3/c1-14(30)42-16-4-2-3-15(9-16)12-28-29-25(31)13-41-21-10-22(43(32,33)34)18-7-8-20-24(45(38,39)40)11-23(44(35,36)37)19-6-5-17(21)26(18)27(19)20/h2-12H,13H2,1H3,(H,29,31)(H,32,33,34)(H,35,36,37)(H,38,39,40)/b28-12-. The van der Waals surface area contributed by atoms with Gasteiger partial charge in [0.2, 0.25) is 0 Å². The van der Waals surface area contributed by atoms with Crippen LogP contribution in [0.1, 0.15) is 12.5 Å². The number of nitrogens with one attached hydrogen (secondary N) is 1. The molecule has 18 heteroatoms. The Bertz CT molecular complexity index is 2350. The molecule has 5 aromatic carbocycles. The number of hydrazone groups is 1. The van der Waals surface area contributed by atoms with E-state index in [9.17, 15) is 48.5 Å². The highest BCUT2D eigenvalue weighted by molar-refractivity contribution is 7.87. The molecule has 5 aromatic rings. The Morgan fingerprint density at radius 3 is 1.80 bits per heavy atom. The van der Waals surface area contributed by atoms with Gasteiger partial charge in [-0.3, -0.25) is 23.2 Å². The molecule has 15 nitrogen and oxygen atoms in total. The summed E-state index contributed by atoms with van der Waals surface area (Å²) in [5.41, 5.74) is 2.66. The first-order valence-electron chi connectivity index (χ1n) is 12.4. The third-order valence-electron chi connectivity index (χ3n) is 6.46. The van der Waals surface area contributed by atoms with Gasteiger partial charge in [0.15, 0.2) is 6.61 Å². The van der Waals surface area contributed by atoms with Gasteiger partial charge >= 0.3 is 5.97 Å². The summed E-state index contributed by atoms with van der Waals surface area (Å²) in [6.45, 7) is 0.487. The highest BCUT2D eigenvalue weighted by Gasteiger charge is 2.28. The second-order valence-corrected chi connectivity index (χ2v) is 13.7. The van der Waals surface area contributed by atoms with E-state index in [4.69, 9.17) is 9.47 Å². The molecule has 0 aliphatic rings. The summed E-state index contributed by atoms with van der Waals surface area (Å²) >= 11 is 0. The minimum Gasteiger partial charge on any atom is -0.483 e. The third kappa shape index (κ3) is 6.41. The lowest BCUT2D eigenvalue weighted by Gasteiger charge is -2.18. The lowest BCUT2D eigenvalue weighted by Crippen LogP contribution is -2.24. The number of benzene rings is 5. The van der Waals surface area contributed by atoms with E-state index < -0.39 is 63.5 Å². The van der Waals surface area contributed by atoms with Crippen molar-refractivity contribution in [2.75, 3.05) is 6.61 Å². The molecule has 45 heavy (non-hydrogen) atoms. The van der Waals surface area contributed by atoms with Gasteiger partial charge in [-0.1, -0.05) is 30.3 Å². The molecular formula is C27H20N2O13S3. The Hall–Kier alpha value is -4.72. The maximum atomic E-state index is 12.5. The van der Waals surface area contributed by atoms with Gasteiger partial charge in [-0.15, -0.1) is 0 Å². The minimum absolute atomic E-state index is 0.0582. The average molecular weight is 677 g/mol. The van der Waals surface area contributed by atoms with Crippen LogP contribution in [0.4, 0.5) is 0 Å². The molecule has 0 heterocycles. The summed E-state index contributed by atoms with van der Waals surface area (Å²) in [6, 6.07) is 12.4. The fraction of sp³-hybridized carbons (Fsp3) is 0.0741. The highest BCUT2D eigenvalue weighted by atomic mass is 32.2. The van der Waals surface area contributed by atoms with E-state index in [1.54, 1.807) is 12.1 Å². The Labute approximate surface area is 254 Å². The molecule has 1 amide bonds. The number of rotatable bonds is 9. The molecule has 0 aromatic heterocycles. The smallest absolute Gasteiger partial charge is 0.308 e. The summed E-state index contributed by atoms with van der Waals surface area (Å²) in [4.78, 5) is 21.1. The quantitative estimate of drug-likeness (QED) is 0.0439. The Morgan fingerprint density at radius 1 is 0.756 bits per heavy atom. The van der Waals surface area contributed by atoms with Crippen molar-refractivity contribution in [1.82, 2.24) is 5.43 Å². The molecule has 0 saturated carbocycles. The van der Waals surface area contributed by atoms with Gasteiger partial charge in [0, 0.05) is 45.3 Å². The topological polar surface area (TPSA) is 240 Å². The van der Waals surface area contributed by atoms with Gasteiger partial charge < -0.3 is 9.47 Å². The molecule has 0 unspecified atom stereocenters. The normalized spacial score (nSPS) is 12.7. The SMILES string of the molecule is CC(=O)Oc1cccc(/C=N\NC(=O)COc2cc(S(=O)(=O)O)c3ccc4c(S(=O)(=O)O)cc(S(=O)(=O)O)c5ccc2c3c54)c1. The van der Waals surface area contributed by atoms with E-state index in [2.05, 4.69) is 10.5 Å². The van der Waals surface area contributed by atoms with Crippen molar-refractivity contribution >= 4 is 80.8 Å². The van der Waals surface area contributed by atoms with Crippen LogP contribution < -0.4 is 14.9 Å². The molecule has 5 rings (SSSR count). The van der Waals surface area contributed by atoms with Gasteiger partial charge in [-0.25, -0.2) is 5.43 Å². The fourth-order valence-electron chi connectivity index (χ4n) is 4.80. The number of hydrogen-bond acceptors (Lipinski definition) is 11. The summed E-state index contributed by atoms with van der Waals surface area (Å²) in [5, 5.41) is 2.87. The van der Waals surface area contributed by atoms with Crippen LogP contribution in [0.25, 0.3) is 32.3 Å². The first-order chi connectivity index (χ1) is 20.9. The molecule has 0 saturated heterocycles. The largest absolute Gasteiger partial charge is 0.483 e. The van der Waals surface area contributed by atoms with Crippen molar-refractivity contribution in [1.29, 1.82) is 0 Å². The average Bonchev–Trinajstić information content (AvgIpc) is 2.92. The minimum atomic E-state index is -5.08. The zero-order valence-electron chi connectivity index (χ0n) is 22.7. The van der Waals surface area contributed by atoms with Crippen LogP contribution in [-0.2, 0) is 39.9 Å². The van der Waals surface area contributed by atoms with Crippen LogP contribution in [0.15, 0.2) is 80.5 Å². The lowest BCUT2D eigenvalue weighted by atomic mass is 9.93. The van der Waals surface area contributed by atoms with E-state index in [1.165, 1.54) is 37.4 Å². The zero-order valence-corrected chi connectivity index (χ0v) is 25.1. The summed E-state index contributed by atoms with van der Waals surface area (Å²) in [6.07, 6.45) is 1.25. The molecule has 0 aliphatic heterocycles. The summed E-state index contributed by atoms with van der Waals surface area (Å²) in [5.74, 6) is -1.39. The van der Waals surface area contributed by atoms with E-state index in [0.29, 0.717) is 11.6 Å². The van der Waals surface area contributed by atoms with E-state index in [1.807, 2.05) is 0 Å². The molecule has 0 radical (unpaired) electrons. The molecule has 0 atom stereocenters. The van der Waals surface area contributed by atoms with Crippen LogP contribution in [-0.4, -0.2) is 63.6 Å². The Balaban J connectivity index is 1.59. The lowest BCUT2D eigenvalue weighted by molar-refractivity contribution is -0.131. The van der Waals surface area contributed by atoms with E-state index in [-0.39, 0.29) is 43.8 Å². The van der Waals surface area contributed by atoms with Gasteiger partial charge in [-0.2, -0.15) is 30.4 Å². The van der Waals surface area contributed by atoms with Gasteiger partial charge in [0.25, 0.3) is 36.3 Å².